The van der Waals surface area contributed by atoms with Gasteiger partial charge in [-0.15, -0.1) is 0 Å². The minimum Gasteiger partial charge on any atom is -0.368 e. The SMILES string of the molecule is Cc1cccc(C2(NC(N)=O)CCCN2c2nc(N)nc3ccc(-c4ccc(F)cc4)nc23)c1. The minimum atomic E-state index is -0.918. The lowest BCUT2D eigenvalue weighted by molar-refractivity contribution is 0.233. The predicted molar refractivity (Wildman–Crippen MR) is 129 cm³/mol. The van der Waals surface area contributed by atoms with Gasteiger partial charge in [-0.05, 0) is 61.7 Å². The Morgan fingerprint density at radius 2 is 1.88 bits per heavy atom. The third-order valence-corrected chi connectivity index (χ3v) is 6.14. The second-order valence-electron chi connectivity index (χ2n) is 8.45. The molecule has 2 amide bonds. The van der Waals surface area contributed by atoms with Gasteiger partial charge in [-0.1, -0.05) is 29.8 Å². The van der Waals surface area contributed by atoms with Crippen LogP contribution in [0.1, 0.15) is 24.0 Å². The standard InChI is InChI=1S/C25H24FN7O/c1-15-4-2-5-17(14-15)25(32-24(28)34)12-3-13-33(25)22-21-20(30-23(27)31-22)11-10-19(29-21)16-6-8-18(26)9-7-16/h2,4-11,14H,3,12-13H2,1H3,(H2,27,30,31)(H3,28,32,34). The Bertz CT molecular complexity index is 1390. The highest BCUT2D eigenvalue weighted by atomic mass is 19.1. The Labute approximate surface area is 195 Å². The van der Waals surface area contributed by atoms with Gasteiger partial charge in [0, 0.05) is 12.1 Å². The molecule has 4 aromatic rings. The molecule has 1 unspecified atom stereocenters. The van der Waals surface area contributed by atoms with Crippen LogP contribution in [0.5, 0.6) is 0 Å². The molecule has 3 heterocycles. The molecule has 1 saturated heterocycles. The quantitative estimate of drug-likeness (QED) is 0.428. The number of nitrogen functional groups attached to an aromatic ring is 1. The average molecular weight is 458 g/mol. The van der Waals surface area contributed by atoms with Crippen LogP contribution in [0.15, 0.2) is 60.7 Å². The zero-order valence-electron chi connectivity index (χ0n) is 18.6. The number of hydrogen-bond donors (Lipinski definition) is 3. The van der Waals surface area contributed by atoms with E-state index in [2.05, 4.69) is 15.3 Å². The van der Waals surface area contributed by atoms with Crippen LogP contribution in [0.3, 0.4) is 0 Å². The number of urea groups is 1. The summed E-state index contributed by atoms with van der Waals surface area (Å²) in [7, 11) is 0. The third-order valence-electron chi connectivity index (χ3n) is 6.14. The molecule has 0 saturated carbocycles. The molecule has 0 spiro atoms. The number of aryl methyl sites for hydroxylation is 1. The number of aromatic nitrogens is 3. The Morgan fingerprint density at radius 3 is 2.62 bits per heavy atom. The Balaban J connectivity index is 1.71. The van der Waals surface area contributed by atoms with Crippen molar-refractivity contribution in [1.29, 1.82) is 0 Å². The van der Waals surface area contributed by atoms with Gasteiger partial charge < -0.3 is 21.7 Å². The van der Waals surface area contributed by atoms with E-state index >= 15 is 0 Å². The maximum Gasteiger partial charge on any atom is 0.314 e. The summed E-state index contributed by atoms with van der Waals surface area (Å²) in [6, 6.07) is 17.0. The number of anilines is 2. The Hall–Kier alpha value is -4.27. The lowest BCUT2D eigenvalue weighted by atomic mass is 9.94. The fourth-order valence-corrected chi connectivity index (χ4v) is 4.70. The monoisotopic (exact) mass is 457 g/mol. The molecule has 34 heavy (non-hydrogen) atoms. The predicted octanol–water partition coefficient (Wildman–Crippen LogP) is 3.84. The lowest BCUT2D eigenvalue weighted by Gasteiger charge is -2.40. The largest absolute Gasteiger partial charge is 0.368 e. The molecule has 0 bridgehead atoms. The second kappa shape index (κ2) is 8.26. The Morgan fingerprint density at radius 1 is 1.09 bits per heavy atom. The summed E-state index contributed by atoms with van der Waals surface area (Å²) >= 11 is 0. The van der Waals surface area contributed by atoms with Crippen molar-refractivity contribution in [3.8, 4) is 11.3 Å². The van der Waals surface area contributed by atoms with Crippen molar-refractivity contribution in [1.82, 2.24) is 20.3 Å². The van der Waals surface area contributed by atoms with Crippen LogP contribution in [0.4, 0.5) is 21.0 Å². The van der Waals surface area contributed by atoms with Gasteiger partial charge >= 0.3 is 6.03 Å². The third kappa shape index (κ3) is 3.75. The average Bonchev–Trinajstić information content (AvgIpc) is 3.22. The molecule has 8 nitrogen and oxygen atoms in total. The number of benzene rings is 2. The number of primary amides is 1. The van der Waals surface area contributed by atoms with Gasteiger partial charge in [0.25, 0.3) is 0 Å². The summed E-state index contributed by atoms with van der Waals surface area (Å²) in [5, 5.41) is 2.98. The molecule has 172 valence electrons. The van der Waals surface area contributed by atoms with Crippen LogP contribution in [-0.4, -0.2) is 27.5 Å². The van der Waals surface area contributed by atoms with E-state index in [1.165, 1.54) is 12.1 Å². The molecule has 1 aliphatic rings. The molecule has 1 aliphatic heterocycles. The number of halogens is 1. The molecule has 5 rings (SSSR count). The fourth-order valence-electron chi connectivity index (χ4n) is 4.70. The minimum absolute atomic E-state index is 0.1000. The van der Waals surface area contributed by atoms with E-state index in [1.807, 2.05) is 48.2 Å². The van der Waals surface area contributed by atoms with E-state index in [-0.39, 0.29) is 11.8 Å². The molecule has 9 heteroatoms. The lowest BCUT2D eigenvalue weighted by Crippen LogP contribution is -2.56. The normalized spacial score (nSPS) is 17.8. The number of carbonyl (C=O) groups is 1. The first kappa shape index (κ1) is 21.6. The van der Waals surface area contributed by atoms with E-state index < -0.39 is 11.7 Å². The number of hydrogen-bond acceptors (Lipinski definition) is 6. The van der Waals surface area contributed by atoms with Gasteiger partial charge in [-0.2, -0.15) is 4.98 Å². The van der Waals surface area contributed by atoms with Gasteiger partial charge in [0.2, 0.25) is 5.95 Å². The van der Waals surface area contributed by atoms with Crippen molar-refractivity contribution >= 4 is 28.8 Å². The Kier molecular flexibility index (Phi) is 5.24. The van der Waals surface area contributed by atoms with Crippen LogP contribution < -0.4 is 21.7 Å². The molecule has 5 N–H and O–H groups in total. The summed E-state index contributed by atoms with van der Waals surface area (Å²) in [5.74, 6) is 0.279. The molecule has 0 radical (unpaired) electrons. The van der Waals surface area contributed by atoms with Gasteiger partial charge in [0.15, 0.2) is 5.82 Å². The first-order valence-electron chi connectivity index (χ1n) is 11.0. The first-order chi connectivity index (χ1) is 16.4. The van der Waals surface area contributed by atoms with Gasteiger partial charge in [-0.25, -0.2) is 19.2 Å². The van der Waals surface area contributed by atoms with E-state index in [0.717, 1.165) is 23.1 Å². The number of fused-ring (bicyclic) bond motifs is 1. The van der Waals surface area contributed by atoms with Crippen LogP contribution in [-0.2, 0) is 5.66 Å². The van der Waals surface area contributed by atoms with Crippen molar-refractivity contribution in [2.45, 2.75) is 25.4 Å². The van der Waals surface area contributed by atoms with Gasteiger partial charge in [0.05, 0.1) is 11.2 Å². The zero-order valence-corrected chi connectivity index (χ0v) is 18.6. The van der Waals surface area contributed by atoms with Crippen molar-refractivity contribution in [2.75, 3.05) is 17.2 Å². The maximum absolute atomic E-state index is 13.4. The highest BCUT2D eigenvalue weighted by molar-refractivity contribution is 5.89. The van der Waals surface area contributed by atoms with Crippen LogP contribution in [0.25, 0.3) is 22.3 Å². The van der Waals surface area contributed by atoms with E-state index in [1.54, 1.807) is 12.1 Å². The van der Waals surface area contributed by atoms with Crippen molar-refractivity contribution in [3.05, 3.63) is 77.6 Å². The number of nitrogens with one attached hydrogen (secondary N) is 1. The van der Waals surface area contributed by atoms with Gasteiger partial charge in [0.1, 0.15) is 17.0 Å². The van der Waals surface area contributed by atoms with Crippen molar-refractivity contribution < 1.29 is 9.18 Å². The summed E-state index contributed by atoms with van der Waals surface area (Å²) in [6.07, 6.45) is 1.42. The number of carbonyl (C=O) groups excluding carboxylic acids is 1. The maximum atomic E-state index is 13.4. The number of nitrogens with zero attached hydrogens (tertiary/aromatic N) is 4. The number of amides is 2. The molecule has 1 fully saturated rings. The molecule has 2 aromatic carbocycles. The van der Waals surface area contributed by atoms with Crippen molar-refractivity contribution in [3.63, 3.8) is 0 Å². The van der Waals surface area contributed by atoms with Gasteiger partial charge in [-0.3, -0.25) is 0 Å². The summed E-state index contributed by atoms with van der Waals surface area (Å²) in [5.41, 5.74) is 15.3. The number of nitrogens with two attached hydrogens (primary N) is 2. The number of pyridine rings is 1. The summed E-state index contributed by atoms with van der Waals surface area (Å²) < 4.78 is 13.4. The first-order valence-corrected chi connectivity index (χ1v) is 11.0. The zero-order chi connectivity index (χ0) is 23.9. The van der Waals surface area contributed by atoms with Crippen LogP contribution in [0, 0.1) is 12.7 Å². The summed E-state index contributed by atoms with van der Waals surface area (Å²) in [4.78, 5) is 27.9. The van der Waals surface area contributed by atoms with E-state index in [4.69, 9.17) is 16.5 Å². The molecule has 0 aliphatic carbocycles. The number of rotatable bonds is 4. The summed E-state index contributed by atoms with van der Waals surface area (Å²) in [6.45, 7) is 2.59. The smallest absolute Gasteiger partial charge is 0.314 e. The molecule has 2 aromatic heterocycles. The van der Waals surface area contributed by atoms with Crippen LogP contribution >= 0.6 is 0 Å². The van der Waals surface area contributed by atoms with Crippen LogP contribution in [0.2, 0.25) is 0 Å². The molecular weight excluding hydrogens is 433 g/mol. The molecule has 1 atom stereocenters. The van der Waals surface area contributed by atoms with Crippen molar-refractivity contribution in [2.24, 2.45) is 5.73 Å². The second-order valence-corrected chi connectivity index (χ2v) is 8.45. The fraction of sp³-hybridized carbons (Fsp3) is 0.200. The highest BCUT2D eigenvalue weighted by Crippen LogP contribution is 2.42. The molecular formula is C25H24FN7O. The topological polar surface area (TPSA) is 123 Å². The van der Waals surface area contributed by atoms with E-state index in [0.29, 0.717) is 35.5 Å². The highest BCUT2D eigenvalue weighted by Gasteiger charge is 2.45. The van der Waals surface area contributed by atoms with E-state index in [9.17, 15) is 9.18 Å².